The summed E-state index contributed by atoms with van der Waals surface area (Å²) in [5.41, 5.74) is 1.72. The molecule has 32 heavy (non-hydrogen) atoms. The van der Waals surface area contributed by atoms with Crippen molar-refractivity contribution >= 4 is 28.8 Å². The molecule has 8 nitrogen and oxygen atoms in total. The molecule has 1 aliphatic heterocycles. The quantitative estimate of drug-likeness (QED) is 0.556. The minimum Gasteiger partial charge on any atom is -0.347 e. The number of para-hydroxylation sites is 2. The maximum Gasteiger partial charge on any atom is 0.243 e. The van der Waals surface area contributed by atoms with Crippen LogP contribution in [0.25, 0.3) is 11.0 Å². The first kappa shape index (κ1) is 23.8. The molecule has 3 amide bonds. The number of H-pyrrole nitrogens is 1. The van der Waals surface area contributed by atoms with Gasteiger partial charge in [-0.25, -0.2) is 4.98 Å². The predicted molar refractivity (Wildman–Crippen MR) is 124 cm³/mol. The van der Waals surface area contributed by atoms with Gasteiger partial charge in [-0.05, 0) is 50.7 Å². The van der Waals surface area contributed by atoms with E-state index in [9.17, 15) is 14.4 Å². The first-order valence-electron chi connectivity index (χ1n) is 11.6. The smallest absolute Gasteiger partial charge is 0.243 e. The number of aromatic amines is 1. The van der Waals surface area contributed by atoms with Crippen molar-refractivity contribution in [1.29, 1.82) is 0 Å². The topological polar surface area (TPSA) is 107 Å². The highest BCUT2D eigenvalue weighted by atomic mass is 16.2. The summed E-state index contributed by atoms with van der Waals surface area (Å²) in [6.07, 6.45) is 4.08. The number of amides is 3. The third kappa shape index (κ3) is 6.55. The summed E-state index contributed by atoms with van der Waals surface area (Å²) in [4.78, 5) is 47.8. The number of fused-ring (bicyclic) bond motifs is 1. The summed E-state index contributed by atoms with van der Waals surface area (Å²) in [5, 5.41) is 5.62. The molecule has 2 atom stereocenters. The van der Waals surface area contributed by atoms with Crippen molar-refractivity contribution in [2.45, 2.75) is 77.9 Å². The molecule has 0 unspecified atom stereocenters. The first-order valence-corrected chi connectivity index (χ1v) is 11.6. The van der Waals surface area contributed by atoms with Gasteiger partial charge in [0.1, 0.15) is 11.9 Å². The summed E-state index contributed by atoms with van der Waals surface area (Å²) in [5.74, 6) is 0.339. The SMILES string of the molecule is CC(C)CCC(=O)N[C@@H](CC(=O)N1CCCC[C@@H]1C)C(=O)NCc1nc2ccccc2[nH]1. The Bertz CT molecular complexity index is 906. The normalized spacial score (nSPS) is 17.4. The van der Waals surface area contributed by atoms with Gasteiger partial charge in [0.15, 0.2) is 0 Å². The molecule has 0 radical (unpaired) electrons. The Labute approximate surface area is 189 Å². The molecule has 3 rings (SSSR count). The molecule has 1 aromatic carbocycles. The fourth-order valence-corrected chi connectivity index (χ4v) is 4.04. The zero-order chi connectivity index (χ0) is 23.1. The number of likely N-dealkylation sites (tertiary alicyclic amines) is 1. The van der Waals surface area contributed by atoms with Gasteiger partial charge in [-0.15, -0.1) is 0 Å². The Hall–Kier alpha value is -2.90. The van der Waals surface area contributed by atoms with Gasteiger partial charge < -0.3 is 20.5 Å². The lowest BCUT2D eigenvalue weighted by Gasteiger charge is -2.34. The molecule has 0 bridgehead atoms. The van der Waals surface area contributed by atoms with E-state index < -0.39 is 6.04 Å². The van der Waals surface area contributed by atoms with Crippen LogP contribution in [-0.2, 0) is 20.9 Å². The van der Waals surface area contributed by atoms with Crippen molar-refractivity contribution in [2.24, 2.45) is 5.92 Å². The minimum atomic E-state index is -0.902. The van der Waals surface area contributed by atoms with E-state index in [1.165, 1.54) is 0 Å². The molecule has 1 aliphatic rings. The number of nitrogens with zero attached hydrogens (tertiary/aromatic N) is 2. The van der Waals surface area contributed by atoms with E-state index in [-0.39, 0.29) is 36.7 Å². The zero-order valence-electron chi connectivity index (χ0n) is 19.3. The van der Waals surface area contributed by atoms with Gasteiger partial charge in [0, 0.05) is 19.0 Å². The highest BCUT2D eigenvalue weighted by molar-refractivity contribution is 5.92. The molecular formula is C24H35N5O3. The number of hydrogen-bond donors (Lipinski definition) is 3. The van der Waals surface area contributed by atoms with Gasteiger partial charge in [-0.1, -0.05) is 26.0 Å². The number of nitrogens with one attached hydrogen (secondary N) is 3. The van der Waals surface area contributed by atoms with Gasteiger partial charge in [0.05, 0.1) is 24.0 Å². The van der Waals surface area contributed by atoms with Crippen molar-refractivity contribution in [3.05, 3.63) is 30.1 Å². The van der Waals surface area contributed by atoms with Crippen LogP contribution in [0.1, 0.15) is 65.1 Å². The number of imidazole rings is 1. The molecular weight excluding hydrogens is 406 g/mol. The predicted octanol–water partition coefficient (Wildman–Crippen LogP) is 2.89. The lowest BCUT2D eigenvalue weighted by atomic mass is 10.0. The monoisotopic (exact) mass is 441 g/mol. The van der Waals surface area contributed by atoms with Crippen LogP contribution >= 0.6 is 0 Å². The number of hydrogen-bond acceptors (Lipinski definition) is 4. The molecule has 8 heteroatoms. The Morgan fingerprint density at radius 1 is 1.22 bits per heavy atom. The summed E-state index contributed by atoms with van der Waals surface area (Å²) >= 11 is 0. The Morgan fingerprint density at radius 3 is 2.72 bits per heavy atom. The average Bonchev–Trinajstić information content (AvgIpc) is 3.19. The van der Waals surface area contributed by atoms with E-state index in [0.29, 0.717) is 24.7 Å². The zero-order valence-corrected chi connectivity index (χ0v) is 19.3. The second-order valence-corrected chi connectivity index (χ2v) is 9.11. The van der Waals surface area contributed by atoms with E-state index in [4.69, 9.17) is 0 Å². The summed E-state index contributed by atoms with van der Waals surface area (Å²) < 4.78 is 0. The van der Waals surface area contributed by atoms with Crippen molar-refractivity contribution < 1.29 is 14.4 Å². The first-order chi connectivity index (χ1) is 15.3. The number of aromatic nitrogens is 2. The van der Waals surface area contributed by atoms with Crippen molar-refractivity contribution in [3.8, 4) is 0 Å². The summed E-state index contributed by atoms with van der Waals surface area (Å²) in [7, 11) is 0. The lowest BCUT2D eigenvalue weighted by molar-refractivity contribution is -0.138. The van der Waals surface area contributed by atoms with Gasteiger partial charge in [0.25, 0.3) is 0 Å². The second-order valence-electron chi connectivity index (χ2n) is 9.11. The number of benzene rings is 1. The fourth-order valence-electron chi connectivity index (χ4n) is 4.04. The van der Waals surface area contributed by atoms with Crippen LogP contribution in [0.3, 0.4) is 0 Å². The van der Waals surface area contributed by atoms with Crippen molar-refractivity contribution in [3.63, 3.8) is 0 Å². The van der Waals surface area contributed by atoms with Gasteiger partial charge >= 0.3 is 0 Å². The molecule has 3 N–H and O–H groups in total. The Kier molecular flexibility index (Phi) is 8.25. The van der Waals surface area contributed by atoms with Crippen LogP contribution in [0, 0.1) is 5.92 Å². The standard InChI is InChI=1S/C24H35N5O3/c1-16(2)11-12-22(30)28-20(14-23(31)29-13-7-6-8-17(29)3)24(32)25-15-21-26-18-9-4-5-10-19(18)27-21/h4-5,9-10,16-17,20H,6-8,11-15H2,1-3H3,(H,25,32)(H,26,27)(H,28,30)/t17-,20-/m0/s1. The third-order valence-corrected chi connectivity index (χ3v) is 5.97. The molecule has 2 heterocycles. The fraction of sp³-hybridized carbons (Fsp3) is 0.583. The maximum absolute atomic E-state index is 13.0. The van der Waals surface area contributed by atoms with Gasteiger partial charge in [0.2, 0.25) is 17.7 Å². The summed E-state index contributed by atoms with van der Waals surface area (Å²) in [6.45, 7) is 7.03. The number of carbonyl (C=O) groups is 3. The highest BCUT2D eigenvalue weighted by Crippen LogP contribution is 2.18. The molecule has 174 valence electrons. The van der Waals surface area contributed by atoms with E-state index in [1.54, 1.807) is 0 Å². The molecule has 0 spiro atoms. The highest BCUT2D eigenvalue weighted by Gasteiger charge is 2.29. The largest absolute Gasteiger partial charge is 0.347 e. The number of rotatable bonds is 9. The molecule has 2 aromatic rings. The van der Waals surface area contributed by atoms with E-state index in [1.807, 2.05) is 49.9 Å². The summed E-state index contributed by atoms with van der Waals surface area (Å²) in [6, 6.07) is 6.89. The van der Waals surface area contributed by atoms with Crippen LogP contribution in [0.15, 0.2) is 24.3 Å². The van der Waals surface area contributed by atoms with Crippen LogP contribution < -0.4 is 10.6 Å². The average molecular weight is 442 g/mol. The van der Waals surface area contributed by atoms with E-state index >= 15 is 0 Å². The van der Waals surface area contributed by atoms with Crippen LogP contribution in [-0.4, -0.2) is 51.2 Å². The maximum atomic E-state index is 13.0. The Morgan fingerprint density at radius 2 is 2.00 bits per heavy atom. The third-order valence-electron chi connectivity index (χ3n) is 5.97. The lowest BCUT2D eigenvalue weighted by Crippen LogP contribution is -2.51. The second kappa shape index (κ2) is 11.1. The van der Waals surface area contributed by atoms with Crippen LogP contribution in [0.5, 0.6) is 0 Å². The molecule has 1 saturated heterocycles. The number of piperidine rings is 1. The van der Waals surface area contributed by atoms with Crippen LogP contribution in [0.2, 0.25) is 0 Å². The van der Waals surface area contributed by atoms with Gasteiger partial charge in [-0.2, -0.15) is 0 Å². The van der Waals surface area contributed by atoms with Crippen molar-refractivity contribution in [2.75, 3.05) is 6.54 Å². The molecule has 1 aromatic heterocycles. The molecule has 0 saturated carbocycles. The van der Waals surface area contributed by atoms with Crippen molar-refractivity contribution in [1.82, 2.24) is 25.5 Å². The van der Waals surface area contributed by atoms with E-state index in [2.05, 4.69) is 20.6 Å². The molecule has 1 fully saturated rings. The Balaban J connectivity index is 1.64. The van der Waals surface area contributed by atoms with E-state index in [0.717, 1.165) is 36.7 Å². The number of carbonyl (C=O) groups excluding carboxylic acids is 3. The minimum absolute atomic E-state index is 0.0380. The van der Waals surface area contributed by atoms with Gasteiger partial charge in [-0.3, -0.25) is 14.4 Å². The van der Waals surface area contributed by atoms with Crippen LogP contribution in [0.4, 0.5) is 0 Å². The molecule has 0 aliphatic carbocycles.